The molecule has 0 amide bonds. The van der Waals surface area contributed by atoms with E-state index in [2.05, 4.69) is 110 Å². The van der Waals surface area contributed by atoms with E-state index < -0.39 is 0 Å². The zero-order valence-electron chi connectivity index (χ0n) is 21.8. The number of ether oxygens (including phenoxy) is 2. The van der Waals surface area contributed by atoms with Crippen molar-refractivity contribution >= 4 is 0 Å². The van der Waals surface area contributed by atoms with E-state index in [9.17, 15) is 0 Å². The Morgan fingerprint density at radius 1 is 0.844 bits per heavy atom. The predicted octanol–water partition coefficient (Wildman–Crippen LogP) is 8.65. The van der Waals surface area contributed by atoms with E-state index in [-0.39, 0.29) is 11.7 Å². The van der Waals surface area contributed by atoms with Crippen LogP contribution in [0, 0.1) is 16.7 Å². The molecule has 2 heteroatoms. The fraction of sp³-hybridized carbons (Fsp3) is 0.600. The minimum Gasteiger partial charge on any atom is -0.465 e. The van der Waals surface area contributed by atoms with Crippen LogP contribution in [0.4, 0.5) is 0 Å². The quantitative estimate of drug-likeness (QED) is 0.309. The van der Waals surface area contributed by atoms with Gasteiger partial charge in [-0.1, -0.05) is 97.9 Å². The van der Waals surface area contributed by atoms with Crippen LogP contribution in [-0.4, -0.2) is 12.9 Å². The first kappa shape index (κ1) is 26.5. The standard InChI is InChI=1S/C30H46O2/c1-9-25(20-29(4,5)6)26-16-13-17-27(18-26)32-28(31-22-23(2)3)21-30(7,8)19-24-14-11-10-12-15-24/h10-18,23,25,28H,9,19-22H2,1-8H3. The van der Waals surface area contributed by atoms with Gasteiger partial charge in [-0.2, -0.15) is 0 Å². The van der Waals surface area contributed by atoms with E-state index in [1.54, 1.807) is 0 Å². The van der Waals surface area contributed by atoms with E-state index in [0.29, 0.717) is 23.9 Å². The van der Waals surface area contributed by atoms with Crippen LogP contribution >= 0.6 is 0 Å². The van der Waals surface area contributed by atoms with Crippen molar-refractivity contribution in [3.63, 3.8) is 0 Å². The van der Waals surface area contributed by atoms with Crippen molar-refractivity contribution in [3.05, 3.63) is 65.7 Å². The van der Waals surface area contributed by atoms with Crippen LogP contribution < -0.4 is 4.74 Å². The Kier molecular flexibility index (Phi) is 9.83. The molecule has 0 saturated heterocycles. The molecule has 0 radical (unpaired) electrons. The fourth-order valence-electron chi connectivity index (χ4n) is 4.34. The maximum absolute atomic E-state index is 6.48. The molecule has 0 heterocycles. The summed E-state index contributed by atoms with van der Waals surface area (Å²) in [6.45, 7) is 18.9. The molecular weight excluding hydrogens is 392 g/mol. The van der Waals surface area contributed by atoms with Gasteiger partial charge in [0.2, 0.25) is 0 Å². The molecule has 2 unspecified atom stereocenters. The first-order valence-corrected chi connectivity index (χ1v) is 12.4. The van der Waals surface area contributed by atoms with Crippen LogP contribution in [0.3, 0.4) is 0 Å². The summed E-state index contributed by atoms with van der Waals surface area (Å²) in [5, 5.41) is 0. The second-order valence-corrected chi connectivity index (χ2v) is 11.7. The summed E-state index contributed by atoms with van der Waals surface area (Å²) < 4.78 is 12.7. The lowest BCUT2D eigenvalue weighted by Gasteiger charge is -2.31. The van der Waals surface area contributed by atoms with Gasteiger partial charge in [0.15, 0.2) is 6.29 Å². The van der Waals surface area contributed by atoms with Gasteiger partial charge in [-0.05, 0) is 65.2 Å². The molecule has 0 spiro atoms. The third kappa shape index (κ3) is 9.77. The molecule has 0 aliphatic heterocycles. The molecule has 2 rings (SSSR count). The van der Waals surface area contributed by atoms with Gasteiger partial charge in [-0.25, -0.2) is 0 Å². The Morgan fingerprint density at radius 2 is 1.53 bits per heavy atom. The Morgan fingerprint density at radius 3 is 2.12 bits per heavy atom. The average molecular weight is 439 g/mol. The minimum atomic E-state index is -0.256. The highest BCUT2D eigenvalue weighted by Gasteiger charge is 2.26. The molecule has 2 aromatic carbocycles. The largest absolute Gasteiger partial charge is 0.465 e. The van der Waals surface area contributed by atoms with Gasteiger partial charge in [0.25, 0.3) is 0 Å². The van der Waals surface area contributed by atoms with Gasteiger partial charge >= 0.3 is 0 Å². The smallest absolute Gasteiger partial charge is 0.200 e. The third-order valence-electron chi connectivity index (χ3n) is 5.81. The first-order valence-electron chi connectivity index (χ1n) is 12.4. The second kappa shape index (κ2) is 11.9. The summed E-state index contributed by atoms with van der Waals surface area (Å²) in [5.74, 6) is 1.93. The Labute approximate surface area is 197 Å². The van der Waals surface area contributed by atoms with Crippen molar-refractivity contribution in [1.82, 2.24) is 0 Å². The minimum absolute atomic E-state index is 0.0683. The normalized spacial score (nSPS) is 14.4. The zero-order chi connectivity index (χ0) is 23.8. The molecule has 178 valence electrons. The van der Waals surface area contributed by atoms with Crippen molar-refractivity contribution in [3.8, 4) is 5.75 Å². The van der Waals surface area contributed by atoms with Crippen LogP contribution in [-0.2, 0) is 11.2 Å². The molecule has 32 heavy (non-hydrogen) atoms. The SMILES string of the molecule is CCC(CC(C)(C)C)c1cccc(OC(CC(C)(C)Cc2ccccc2)OCC(C)C)c1. The topological polar surface area (TPSA) is 18.5 Å². The highest BCUT2D eigenvalue weighted by atomic mass is 16.7. The van der Waals surface area contributed by atoms with E-state index in [4.69, 9.17) is 9.47 Å². The predicted molar refractivity (Wildman–Crippen MR) is 137 cm³/mol. The van der Waals surface area contributed by atoms with Crippen molar-refractivity contribution in [1.29, 1.82) is 0 Å². The highest BCUT2D eigenvalue weighted by Crippen LogP contribution is 2.35. The van der Waals surface area contributed by atoms with Crippen LogP contribution in [0.1, 0.15) is 91.7 Å². The van der Waals surface area contributed by atoms with Gasteiger partial charge in [0.1, 0.15) is 5.75 Å². The molecule has 0 aliphatic carbocycles. The lowest BCUT2D eigenvalue weighted by atomic mass is 9.80. The molecule has 0 N–H and O–H groups in total. The maximum atomic E-state index is 6.48. The van der Waals surface area contributed by atoms with Crippen LogP contribution in [0.25, 0.3) is 0 Å². The Bertz CT molecular complexity index is 786. The number of hydrogen-bond acceptors (Lipinski definition) is 2. The summed E-state index contributed by atoms with van der Waals surface area (Å²) in [4.78, 5) is 0. The molecule has 0 aliphatic rings. The van der Waals surface area contributed by atoms with Crippen LogP contribution in [0.15, 0.2) is 54.6 Å². The van der Waals surface area contributed by atoms with E-state index in [1.165, 1.54) is 17.5 Å². The molecule has 0 aromatic heterocycles. The summed E-state index contributed by atoms with van der Waals surface area (Å²) in [6, 6.07) is 19.4. The Hall–Kier alpha value is -1.80. The van der Waals surface area contributed by atoms with Crippen LogP contribution in [0.2, 0.25) is 0 Å². The zero-order valence-corrected chi connectivity index (χ0v) is 21.8. The van der Waals surface area contributed by atoms with E-state index in [1.807, 2.05) is 0 Å². The van der Waals surface area contributed by atoms with E-state index in [0.717, 1.165) is 25.0 Å². The molecule has 0 bridgehead atoms. The Balaban J connectivity index is 2.15. The van der Waals surface area contributed by atoms with Crippen molar-refractivity contribution < 1.29 is 9.47 Å². The second-order valence-electron chi connectivity index (χ2n) is 11.7. The summed E-state index contributed by atoms with van der Waals surface area (Å²) in [6.07, 6.45) is 3.90. The number of hydrogen-bond donors (Lipinski definition) is 0. The first-order chi connectivity index (χ1) is 15.0. The van der Waals surface area contributed by atoms with Crippen LogP contribution in [0.5, 0.6) is 5.75 Å². The lowest BCUT2D eigenvalue weighted by molar-refractivity contribution is -0.109. The average Bonchev–Trinajstić information content (AvgIpc) is 2.70. The van der Waals surface area contributed by atoms with Gasteiger partial charge in [-0.15, -0.1) is 0 Å². The molecule has 0 saturated carbocycles. The van der Waals surface area contributed by atoms with Gasteiger partial charge in [0, 0.05) is 6.42 Å². The van der Waals surface area contributed by atoms with Gasteiger partial charge < -0.3 is 9.47 Å². The number of benzene rings is 2. The van der Waals surface area contributed by atoms with E-state index >= 15 is 0 Å². The summed E-state index contributed by atoms with van der Waals surface area (Å²) in [5.41, 5.74) is 3.10. The molecule has 2 atom stereocenters. The highest BCUT2D eigenvalue weighted by molar-refractivity contribution is 5.31. The maximum Gasteiger partial charge on any atom is 0.200 e. The van der Waals surface area contributed by atoms with Gasteiger partial charge in [0.05, 0.1) is 6.61 Å². The van der Waals surface area contributed by atoms with Crippen molar-refractivity contribution in [2.45, 2.75) is 93.3 Å². The van der Waals surface area contributed by atoms with Crippen molar-refractivity contribution in [2.75, 3.05) is 6.61 Å². The fourth-order valence-corrected chi connectivity index (χ4v) is 4.34. The van der Waals surface area contributed by atoms with Crippen molar-refractivity contribution in [2.24, 2.45) is 16.7 Å². The summed E-state index contributed by atoms with van der Waals surface area (Å²) >= 11 is 0. The summed E-state index contributed by atoms with van der Waals surface area (Å²) in [7, 11) is 0. The monoisotopic (exact) mass is 438 g/mol. The molecular formula is C30H46O2. The molecule has 0 fully saturated rings. The third-order valence-corrected chi connectivity index (χ3v) is 5.81. The molecule has 2 nitrogen and oxygen atoms in total. The molecule has 2 aromatic rings. The van der Waals surface area contributed by atoms with Gasteiger partial charge in [-0.3, -0.25) is 0 Å². The number of rotatable bonds is 12. The lowest BCUT2D eigenvalue weighted by Crippen LogP contribution is -2.30.